The fourth-order valence-electron chi connectivity index (χ4n) is 1.87. The summed E-state index contributed by atoms with van der Waals surface area (Å²) in [5, 5.41) is 15.6. The lowest BCUT2D eigenvalue weighted by Gasteiger charge is -2.13. The van der Waals surface area contributed by atoms with Gasteiger partial charge in [0.15, 0.2) is 0 Å². The van der Waals surface area contributed by atoms with Crippen molar-refractivity contribution in [2.75, 3.05) is 14.1 Å². The number of hydrogen-bond donors (Lipinski definition) is 2. The van der Waals surface area contributed by atoms with Gasteiger partial charge in [-0.2, -0.15) is 0 Å². The van der Waals surface area contributed by atoms with Crippen LogP contribution in [0.1, 0.15) is 5.56 Å². The van der Waals surface area contributed by atoms with Crippen molar-refractivity contribution in [3.05, 3.63) is 72.1 Å². The molecule has 0 aliphatic carbocycles. The summed E-state index contributed by atoms with van der Waals surface area (Å²) in [7, 11) is 4.09. The molecule has 0 spiro atoms. The highest BCUT2D eigenvalue weighted by molar-refractivity contribution is 7.99. The number of halogens is 1. The second kappa shape index (κ2) is 11.1. The molecule has 0 unspecified atom stereocenters. The highest BCUT2D eigenvalue weighted by Gasteiger charge is 2.05. The van der Waals surface area contributed by atoms with E-state index in [9.17, 15) is 14.0 Å². The molecule has 0 atom stereocenters. The normalized spacial score (nSPS) is 10.5. The summed E-state index contributed by atoms with van der Waals surface area (Å²) in [4.78, 5) is 23.3. The van der Waals surface area contributed by atoms with E-state index in [0.717, 1.165) is 11.4 Å². The van der Waals surface area contributed by atoms with Crippen LogP contribution in [0.25, 0.3) is 0 Å². The van der Waals surface area contributed by atoms with E-state index in [1.54, 1.807) is 23.9 Å². The Morgan fingerprint density at radius 2 is 1.65 bits per heavy atom. The van der Waals surface area contributed by atoms with Crippen molar-refractivity contribution in [1.82, 2.24) is 4.90 Å². The molecule has 26 heavy (non-hydrogen) atoms. The Morgan fingerprint density at radius 3 is 2.19 bits per heavy atom. The van der Waals surface area contributed by atoms with Gasteiger partial charge >= 0.3 is 11.9 Å². The van der Waals surface area contributed by atoms with Crippen LogP contribution in [0.15, 0.2) is 70.5 Å². The van der Waals surface area contributed by atoms with Crippen LogP contribution in [-0.4, -0.2) is 41.1 Å². The Labute approximate surface area is 155 Å². The Hall–Kier alpha value is -2.64. The predicted octanol–water partition coefficient (Wildman–Crippen LogP) is 3.75. The topological polar surface area (TPSA) is 77.8 Å². The highest BCUT2D eigenvalue weighted by atomic mass is 32.2. The second-order valence-electron chi connectivity index (χ2n) is 5.41. The standard InChI is InChI=1S/C15H16FNS.C4H4O4/c1-17(2)11-12-6-3-4-9-15(12)18-14-8-5-7-13(16)10-14;5-3(6)1-2-4(7)8/h3-10H,11H2,1-2H3;1-2H,(H,5,6)(H,7,8). The van der Waals surface area contributed by atoms with Crippen molar-refractivity contribution < 1.29 is 24.2 Å². The molecule has 0 saturated heterocycles. The van der Waals surface area contributed by atoms with Gasteiger partial charge in [-0.1, -0.05) is 36.0 Å². The van der Waals surface area contributed by atoms with E-state index < -0.39 is 11.9 Å². The van der Waals surface area contributed by atoms with Crippen molar-refractivity contribution >= 4 is 23.7 Å². The molecule has 2 aromatic rings. The first-order valence-electron chi connectivity index (χ1n) is 7.58. The third kappa shape index (κ3) is 9.00. The molecule has 2 rings (SSSR count). The monoisotopic (exact) mass is 377 g/mol. The van der Waals surface area contributed by atoms with Crippen molar-refractivity contribution in [3.63, 3.8) is 0 Å². The lowest BCUT2D eigenvalue weighted by molar-refractivity contribution is -0.134. The number of carboxylic acid groups (broad SMARTS) is 2. The number of hydrogen-bond acceptors (Lipinski definition) is 4. The molecule has 0 amide bonds. The molecule has 138 valence electrons. The fraction of sp³-hybridized carbons (Fsp3) is 0.158. The van der Waals surface area contributed by atoms with E-state index in [-0.39, 0.29) is 5.82 Å². The van der Waals surface area contributed by atoms with Gasteiger partial charge in [0.1, 0.15) is 5.82 Å². The number of benzene rings is 2. The molecule has 0 aliphatic heterocycles. The zero-order chi connectivity index (χ0) is 19.5. The molecule has 0 heterocycles. The van der Waals surface area contributed by atoms with Gasteiger partial charge in [-0.05, 0) is 43.9 Å². The van der Waals surface area contributed by atoms with Gasteiger partial charge in [-0.15, -0.1) is 0 Å². The lowest BCUT2D eigenvalue weighted by Crippen LogP contribution is -2.11. The lowest BCUT2D eigenvalue weighted by atomic mass is 10.2. The van der Waals surface area contributed by atoms with Crippen LogP contribution in [0.4, 0.5) is 4.39 Å². The average molecular weight is 377 g/mol. The smallest absolute Gasteiger partial charge is 0.328 e. The number of carboxylic acids is 2. The summed E-state index contributed by atoms with van der Waals surface area (Å²) in [5.74, 6) is -2.70. The fourth-order valence-corrected chi connectivity index (χ4v) is 2.86. The molecule has 0 aromatic heterocycles. The van der Waals surface area contributed by atoms with Crippen LogP contribution >= 0.6 is 11.8 Å². The molecule has 0 bridgehead atoms. The molecule has 0 saturated carbocycles. The molecule has 0 aliphatic rings. The van der Waals surface area contributed by atoms with E-state index in [1.165, 1.54) is 16.5 Å². The van der Waals surface area contributed by atoms with Gasteiger partial charge in [0.05, 0.1) is 0 Å². The molecule has 2 aromatic carbocycles. The van der Waals surface area contributed by atoms with Crippen molar-refractivity contribution in [2.24, 2.45) is 0 Å². The van der Waals surface area contributed by atoms with Crippen LogP contribution in [0, 0.1) is 5.82 Å². The van der Waals surface area contributed by atoms with Gasteiger partial charge in [0, 0.05) is 28.5 Å². The largest absolute Gasteiger partial charge is 0.478 e. The maximum absolute atomic E-state index is 13.2. The van der Waals surface area contributed by atoms with Crippen LogP contribution in [0.3, 0.4) is 0 Å². The number of nitrogens with zero attached hydrogens (tertiary/aromatic N) is 1. The van der Waals surface area contributed by atoms with E-state index in [0.29, 0.717) is 12.2 Å². The van der Waals surface area contributed by atoms with Crippen molar-refractivity contribution in [1.29, 1.82) is 0 Å². The van der Waals surface area contributed by atoms with E-state index >= 15 is 0 Å². The van der Waals surface area contributed by atoms with Gasteiger partial charge < -0.3 is 15.1 Å². The Morgan fingerprint density at radius 1 is 1.04 bits per heavy atom. The Bertz CT molecular complexity index is 762. The first-order chi connectivity index (χ1) is 12.3. The van der Waals surface area contributed by atoms with Gasteiger partial charge in [0.2, 0.25) is 0 Å². The number of rotatable bonds is 6. The van der Waals surface area contributed by atoms with E-state index in [2.05, 4.69) is 17.0 Å². The summed E-state index contributed by atoms with van der Waals surface area (Å²) in [6, 6.07) is 14.9. The molecular formula is C19H20FNO4S. The Kier molecular flexibility index (Phi) is 9.11. The molecule has 5 nitrogen and oxygen atoms in total. The predicted molar refractivity (Wildman–Crippen MR) is 98.8 cm³/mol. The van der Waals surface area contributed by atoms with Gasteiger partial charge in [0.25, 0.3) is 0 Å². The average Bonchev–Trinajstić information content (AvgIpc) is 2.55. The molecule has 0 radical (unpaired) electrons. The second-order valence-corrected chi connectivity index (χ2v) is 6.53. The van der Waals surface area contributed by atoms with E-state index in [4.69, 9.17) is 10.2 Å². The number of aliphatic carboxylic acids is 2. The zero-order valence-electron chi connectivity index (χ0n) is 14.4. The quantitative estimate of drug-likeness (QED) is 0.747. The maximum Gasteiger partial charge on any atom is 0.328 e. The molecule has 7 heteroatoms. The first kappa shape index (κ1) is 21.4. The van der Waals surface area contributed by atoms with Crippen LogP contribution < -0.4 is 0 Å². The molecule has 0 fully saturated rings. The van der Waals surface area contributed by atoms with Crippen molar-refractivity contribution in [3.8, 4) is 0 Å². The number of carbonyl (C=O) groups is 2. The van der Waals surface area contributed by atoms with Crippen LogP contribution in [-0.2, 0) is 16.1 Å². The third-order valence-electron chi connectivity index (χ3n) is 2.85. The molecule has 2 N–H and O–H groups in total. The summed E-state index contributed by atoms with van der Waals surface area (Å²) in [6.45, 7) is 0.887. The molecular weight excluding hydrogens is 357 g/mol. The minimum atomic E-state index is -1.26. The van der Waals surface area contributed by atoms with Crippen LogP contribution in [0.5, 0.6) is 0 Å². The summed E-state index contributed by atoms with van der Waals surface area (Å²) in [5.41, 5.74) is 1.26. The third-order valence-corrected chi connectivity index (χ3v) is 3.96. The highest BCUT2D eigenvalue weighted by Crippen LogP contribution is 2.31. The Balaban J connectivity index is 0.000000359. The van der Waals surface area contributed by atoms with Gasteiger partial charge in [-0.25, -0.2) is 14.0 Å². The van der Waals surface area contributed by atoms with Crippen LogP contribution in [0.2, 0.25) is 0 Å². The minimum Gasteiger partial charge on any atom is -0.478 e. The maximum atomic E-state index is 13.2. The zero-order valence-corrected chi connectivity index (χ0v) is 15.2. The first-order valence-corrected chi connectivity index (χ1v) is 8.39. The van der Waals surface area contributed by atoms with Crippen molar-refractivity contribution in [2.45, 2.75) is 16.3 Å². The minimum absolute atomic E-state index is 0.190. The summed E-state index contributed by atoms with van der Waals surface area (Å²) >= 11 is 1.60. The summed E-state index contributed by atoms with van der Waals surface area (Å²) < 4.78 is 13.2. The van der Waals surface area contributed by atoms with Gasteiger partial charge in [-0.3, -0.25) is 0 Å². The summed E-state index contributed by atoms with van der Waals surface area (Å²) in [6.07, 6.45) is 1.12. The SMILES string of the molecule is CN(C)Cc1ccccc1Sc1cccc(F)c1.O=C(O)C=CC(=O)O. The van der Waals surface area contributed by atoms with E-state index in [1.807, 2.05) is 32.3 Å².